The van der Waals surface area contributed by atoms with E-state index >= 15 is 0 Å². The van der Waals surface area contributed by atoms with Crippen molar-refractivity contribution in [1.82, 2.24) is 9.97 Å². The maximum atomic E-state index is 9.60. The molecular formula is C15H18N2O3. The first-order valence-electron chi connectivity index (χ1n) is 6.30. The fraction of sp³-hybridized carbons (Fsp3) is 0.333. The van der Waals surface area contributed by atoms with Gasteiger partial charge < -0.3 is 14.6 Å². The van der Waals surface area contributed by atoms with Crippen molar-refractivity contribution >= 4 is 0 Å². The average molecular weight is 274 g/mol. The Balaban J connectivity index is 2.44. The molecule has 2 aromatic rings. The molecule has 1 atom stereocenters. The Kier molecular flexibility index (Phi) is 4.20. The molecule has 106 valence electrons. The zero-order valence-electron chi connectivity index (χ0n) is 12.0. The number of nitrogens with zero attached hydrogens (tertiary/aromatic N) is 2. The van der Waals surface area contributed by atoms with E-state index in [4.69, 9.17) is 9.47 Å². The number of rotatable bonds is 4. The minimum atomic E-state index is -0.575. The second-order valence-electron chi connectivity index (χ2n) is 4.48. The predicted octanol–water partition coefficient (Wildman–Crippen LogP) is 2.52. The third-order valence-electron chi connectivity index (χ3n) is 3.11. The van der Waals surface area contributed by atoms with Gasteiger partial charge in [-0.05, 0) is 32.0 Å². The van der Waals surface area contributed by atoms with Crippen molar-refractivity contribution in [2.75, 3.05) is 14.2 Å². The van der Waals surface area contributed by atoms with E-state index in [0.717, 1.165) is 16.8 Å². The highest BCUT2D eigenvalue weighted by Crippen LogP contribution is 2.31. The van der Waals surface area contributed by atoms with E-state index in [1.165, 1.54) is 0 Å². The van der Waals surface area contributed by atoms with Crippen molar-refractivity contribution in [2.45, 2.75) is 20.0 Å². The van der Waals surface area contributed by atoms with Gasteiger partial charge in [0.15, 0.2) is 17.3 Å². The third kappa shape index (κ3) is 2.72. The summed E-state index contributed by atoms with van der Waals surface area (Å²) >= 11 is 0. The quantitative estimate of drug-likeness (QED) is 0.928. The first-order valence-corrected chi connectivity index (χ1v) is 6.30. The van der Waals surface area contributed by atoms with Gasteiger partial charge in [0.1, 0.15) is 0 Å². The Morgan fingerprint density at radius 1 is 1.15 bits per heavy atom. The highest BCUT2D eigenvalue weighted by atomic mass is 16.5. The molecule has 5 nitrogen and oxygen atoms in total. The highest BCUT2D eigenvalue weighted by Gasteiger charge is 2.11. The summed E-state index contributed by atoms with van der Waals surface area (Å²) in [6.07, 6.45) is 1.08. The van der Waals surface area contributed by atoms with Gasteiger partial charge in [-0.15, -0.1) is 0 Å². The average Bonchev–Trinajstić information content (AvgIpc) is 2.45. The summed E-state index contributed by atoms with van der Waals surface area (Å²) < 4.78 is 10.5. The molecule has 0 aliphatic carbocycles. The molecule has 20 heavy (non-hydrogen) atoms. The summed E-state index contributed by atoms with van der Waals surface area (Å²) in [5.41, 5.74) is 2.33. The van der Waals surface area contributed by atoms with Crippen molar-refractivity contribution in [1.29, 1.82) is 0 Å². The number of methoxy groups -OCH3 is 2. The molecule has 0 saturated heterocycles. The lowest BCUT2D eigenvalue weighted by molar-refractivity contribution is 0.197. The van der Waals surface area contributed by atoms with E-state index in [9.17, 15) is 5.11 Å². The van der Waals surface area contributed by atoms with Crippen LogP contribution < -0.4 is 9.47 Å². The van der Waals surface area contributed by atoms with Crippen LogP contribution in [0.2, 0.25) is 0 Å². The zero-order chi connectivity index (χ0) is 14.7. The van der Waals surface area contributed by atoms with Gasteiger partial charge in [-0.2, -0.15) is 0 Å². The first kappa shape index (κ1) is 14.3. The molecular weight excluding hydrogens is 256 g/mol. The summed E-state index contributed by atoms with van der Waals surface area (Å²) in [5.74, 6) is 1.88. The van der Waals surface area contributed by atoms with Gasteiger partial charge in [0.25, 0.3) is 0 Å². The number of aliphatic hydroxyl groups is 1. The van der Waals surface area contributed by atoms with Crippen LogP contribution in [0.1, 0.15) is 24.3 Å². The van der Waals surface area contributed by atoms with Gasteiger partial charge in [0, 0.05) is 23.0 Å². The van der Waals surface area contributed by atoms with E-state index in [1.807, 2.05) is 25.1 Å². The Labute approximate surface area is 118 Å². The number of benzene rings is 1. The maximum Gasteiger partial charge on any atom is 0.161 e. The van der Waals surface area contributed by atoms with Crippen LogP contribution in [0.25, 0.3) is 11.4 Å². The molecule has 0 aliphatic heterocycles. The standard InChI is InChI=1S/C15H18N2O3/c1-9-12(10(2)18)8-16-15(17-9)11-5-6-13(19-3)14(7-11)20-4/h5-8,10,18H,1-4H3. The molecule has 1 aromatic carbocycles. The zero-order valence-corrected chi connectivity index (χ0v) is 12.0. The highest BCUT2D eigenvalue weighted by molar-refractivity contribution is 5.61. The molecule has 0 radical (unpaired) electrons. The van der Waals surface area contributed by atoms with Gasteiger partial charge in [-0.25, -0.2) is 9.97 Å². The first-order chi connectivity index (χ1) is 9.56. The lowest BCUT2D eigenvalue weighted by Gasteiger charge is -2.11. The second kappa shape index (κ2) is 5.88. The lowest BCUT2D eigenvalue weighted by Crippen LogP contribution is -2.01. The van der Waals surface area contributed by atoms with E-state index in [1.54, 1.807) is 27.3 Å². The maximum absolute atomic E-state index is 9.60. The van der Waals surface area contributed by atoms with Gasteiger partial charge >= 0.3 is 0 Å². The number of hydrogen-bond donors (Lipinski definition) is 1. The molecule has 0 fully saturated rings. The van der Waals surface area contributed by atoms with Crippen molar-refractivity contribution in [3.05, 3.63) is 35.7 Å². The Morgan fingerprint density at radius 3 is 2.40 bits per heavy atom. The second-order valence-corrected chi connectivity index (χ2v) is 4.48. The summed E-state index contributed by atoms with van der Waals surface area (Å²) in [7, 11) is 3.18. The molecule has 1 N–H and O–H groups in total. The summed E-state index contributed by atoms with van der Waals surface area (Å²) in [6, 6.07) is 5.52. The number of aromatic nitrogens is 2. The molecule has 0 spiro atoms. The molecule has 0 amide bonds. The van der Waals surface area contributed by atoms with Crippen LogP contribution in [0.5, 0.6) is 11.5 Å². The molecule has 0 bridgehead atoms. The Hall–Kier alpha value is -2.14. The molecule has 0 saturated carbocycles. The smallest absolute Gasteiger partial charge is 0.161 e. The predicted molar refractivity (Wildman–Crippen MR) is 75.9 cm³/mol. The van der Waals surface area contributed by atoms with Crippen LogP contribution in [0.4, 0.5) is 0 Å². The lowest BCUT2D eigenvalue weighted by atomic mass is 10.1. The van der Waals surface area contributed by atoms with Crippen LogP contribution >= 0.6 is 0 Å². The molecule has 2 rings (SSSR count). The van der Waals surface area contributed by atoms with E-state index in [2.05, 4.69) is 9.97 Å². The van der Waals surface area contributed by atoms with Crippen LogP contribution in [0.3, 0.4) is 0 Å². The summed E-state index contributed by atoms with van der Waals surface area (Å²) in [4.78, 5) is 8.72. The van der Waals surface area contributed by atoms with Gasteiger partial charge in [-0.3, -0.25) is 0 Å². The molecule has 1 aromatic heterocycles. The number of hydrogen-bond acceptors (Lipinski definition) is 5. The van der Waals surface area contributed by atoms with Crippen molar-refractivity contribution < 1.29 is 14.6 Å². The summed E-state index contributed by atoms with van der Waals surface area (Å²) in [5, 5.41) is 9.60. The monoisotopic (exact) mass is 274 g/mol. The fourth-order valence-corrected chi connectivity index (χ4v) is 2.00. The topological polar surface area (TPSA) is 64.5 Å². The normalized spacial score (nSPS) is 12.1. The van der Waals surface area contributed by atoms with Crippen molar-refractivity contribution in [2.24, 2.45) is 0 Å². The van der Waals surface area contributed by atoms with Gasteiger partial charge in [0.05, 0.1) is 20.3 Å². The van der Waals surface area contributed by atoms with E-state index in [0.29, 0.717) is 17.3 Å². The van der Waals surface area contributed by atoms with Crippen molar-refractivity contribution in [3.63, 3.8) is 0 Å². The Morgan fingerprint density at radius 2 is 1.85 bits per heavy atom. The van der Waals surface area contributed by atoms with Crippen molar-refractivity contribution in [3.8, 4) is 22.9 Å². The Bertz CT molecular complexity index is 612. The molecule has 1 heterocycles. The number of aryl methyl sites for hydroxylation is 1. The molecule has 0 aliphatic rings. The largest absolute Gasteiger partial charge is 0.493 e. The van der Waals surface area contributed by atoms with Crippen LogP contribution in [-0.2, 0) is 0 Å². The van der Waals surface area contributed by atoms with Gasteiger partial charge in [0.2, 0.25) is 0 Å². The minimum absolute atomic E-state index is 0.575. The summed E-state index contributed by atoms with van der Waals surface area (Å²) in [6.45, 7) is 3.55. The SMILES string of the molecule is COc1ccc(-c2ncc(C(C)O)c(C)n2)cc1OC. The number of ether oxygens (including phenoxy) is 2. The molecule has 5 heteroatoms. The van der Waals surface area contributed by atoms with Gasteiger partial charge in [-0.1, -0.05) is 0 Å². The number of aliphatic hydroxyl groups excluding tert-OH is 1. The van der Waals surface area contributed by atoms with E-state index in [-0.39, 0.29) is 0 Å². The minimum Gasteiger partial charge on any atom is -0.493 e. The van der Waals surface area contributed by atoms with Crippen LogP contribution in [0.15, 0.2) is 24.4 Å². The third-order valence-corrected chi connectivity index (χ3v) is 3.11. The van der Waals surface area contributed by atoms with Crippen LogP contribution in [-0.4, -0.2) is 29.3 Å². The van der Waals surface area contributed by atoms with E-state index < -0.39 is 6.10 Å². The molecule has 1 unspecified atom stereocenters. The fourth-order valence-electron chi connectivity index (χ4n) is 2.00. The van der Waals surface area contributed by atoms with Crippen LogP contribution in [0, 0.1) is 6.92 Å².